The first-order chi connectivity index (χ1) is 14.9. The average Bonchev–Trinajstić information content (AvgIpc) is 3.27. The third-order valence-electron chi connectivity index (χ3n) is 5.28. The van der Waals surface area contributed by atoms with Crippen LogP contribution in [-0.2, 0) is 0 Å². The Kier molecular flexibility index (Phi) is 4.14. The lowest BCUT2D eigenvalue weighted by Crippen LogP contribution is -2.24. The number of amides is 3. The number of nitrogens with one attached hydrogen (secondary N) is 1. The minimum Gasteiger partial charge on any atom is -0.335 e. The van der Waals surface area contributed by atoms with Gasteiger partial charge in [0.15, 0.2) is 0 Å². The van der Waals surface area contributed by atoms with E-state index in [1.54, 1.807) is 19.1 Å². The van der Waals surface area contributed by atoms with Crippen molar-refractivity contribution in [2.75, 3.05) is 12.4 Å². The molecule has 2 aromatic carbocycles. The van der Waals surface area contributed by atoms with Crippen molar-refractivity contribution in [3.05, 3.63) is 77.0 Å². The fraction of sp³-hybridized carbons (Fsp3) is 0.0870. The normalized spacial score (nSPS) is 13.0. The maximum atomic E-state index is 13.2. The summed E-state index contributed by atoms with van der Waals surface area (Å²) in [5, 5.41) is 7.27. The third-order valence-corrected chi connectivity index (χ3v) is 5.28. The van der Waals surface area contributed by atoms with Gasteiger partial charge in [0.1, 0.15) is 0 Å². The number of fused-ring (bicyclic) bond motifs is 2. The molecule has 0 spiro atoms. The molecule has 0 aliphatic carbocycles. The van der Waals surface area contributed by atoms with Crippen molar-refractivity contribution < 1.29 is 18.9 Å². The number of carbonyl (C=O) groups is 3. The molecule has 1 N–H and O–H groups in total. The highest BCUT2D eigenvalue weighted by Crippen LogP contribution is 2.29. The maximum absolute atomic E-state index is 13.2. The van der Waals surface area contributed by atoms with Gasteiger partial charge >= 0.3 is 0 Å². The van der Waals surface area contributed by atoms with Gasteiger partial charge in [-0.25, -0.2) is 4.98 Å². The van der Waals surface area contributed by atoms with Crippen molar-refractivity contribution in [1.82, 2.24) is 15.0 Å². The molecule has 4 aromatic rings. The smallest absolute Gasteiger partial charge is 0.261 e. The number of imide groups is 1. The van der Waals surface area contributed by atoms with E-state index in [0.717, 1.165) is 10.5 Å². The first-order valence-corrected chi connectivity index (χ1v) is 9.54. The summed E-state index contributed by atoms with van der Waals surface area (Å²) in [4.78, 5) is 43.1. The van der Waals surface area contributed by atoms with Gasteiger partial charge in [0.25, 0.3) is 23.4 Å². The standard InChI is InChI=1S/C23H16N4O4/c1-12-19-17(11-18(25-21(19)31-26-12)13-6-4-3-5-7-13)20(28)24-14-8-9-15-16(10-14)23(30)27(2)22(15)29/h3-11H,1-2H3,(H,24,28). The van der Waals surface area contributed by atoms with Gasteiger partial charge in [-0.1, -0.05) is 35.5 Å². The van der Waals surface area contributed by atoms with Crippen LogP contribution in [0.25, 0.3) is 22.4 Å². The number of benzene rings is 2. The Bertz CT molecular complexity index is 1390. The summed E-state index contributed by atoms with van der Waals surface area (Å²) < 4.78 is 5.32. The molecule has 31 heavy (non-hydrogen) atoms. The quantitative estimate of drug-likeness (QED) is 0.515. The predicted octanol–water partition coefficient (Wildman–Crippen LogP) is 3.68. The first kappa shape index (κ1) is 18.7. The van der Waals surface area contributed by atoms with Gasteiger partial charge in [0.05, 0.1) is 33.5 Å². The summed E-state index contributed by atoms with van der Waals surface area (Å²) in [7, 11) is 1.43. The summed E-state index contributed by atoms with van der Waals surface area (Å²) in [5.41, 5.74) is 3.55. The summed E-state index contributed by atoms with van der Waals surface area (Å²) in [6.45, 7) is 1.74. The van der Waals surface area contributed by atoms with Gasteiger partial charge in [-0.05, 0) is 31.2 Å². The number of pyridine rings is 1. The van der Waals surface area contributed by atoms with Crippen molar-refractivity contribution in [3.63, 3.8) is 0 Å². The molecule has 5 rings (SSSR count). The second kappa shape index (κ2) is 6.88. The molecular weight excluding hydrogens is 396 g/mol. The van der Waals surface area contributed by atoms with Crippen LogP contribution >= 0.6 is 0 Å². The molecule has 8 nitrogen and oxygen atoms in total. The lowest BCUT2D eigenvalue weighted by atomic mass is 10.0. The Labute approximate surface area is 176 Å². The Hall–Kier alpha value is -4.33. The zero-order valence-corrected chi connectivity index (χ0v) is 16.7. The molecule has 0 unspecified atom stereocenters. The van der Waals surface area contributed by atoms with E-state index in [1.165, 1.54) is 19.2 Å². The molecule has 0 radical (unpaired) electrons. The zero-order valence-electron chi connectivity index (χ0n) is 16.7. The Morgan fingerprint density at radius 3 is 2.52 bits per heavy atom. The van der Waals surface area contributed by atoms with Crippen molar-refractivity contribution in [3.8, 4) is 11.3 Å². The second-order valence-electron chi connectivity index (χ2n) is 7.25. The Morgan fingerprint density at radius 2 is 1.74 bits per heavy atom. The summed E-state index contributed by atoms with van der Waals surface area (Å²) >= 11 is 0. The Morgan fingerprint density at radius 1 is 1.00 bits per heavy atom. The summed E-state index contributed by atoms with van der Waals surface area (Å²) in [6, 6.07) is 15.8. The van der Waals surface area contributed by atoms with Gasteiger partial charge in [-0.15, -0.1) is 0 Å². The number of carbonyl (C=O) groups excluding carboxylic acids is 3. The molecular formula is C23H16N4O4. The van der Waals surface area contributed by atoms with Gasteiger partial charge in [0, 0.05) is 18.3 Å². The number of aromatic nitrogens is 2. The van der Waals surface area contributed by atoms with Crippen molar-refractivity contribution >= 4 is 34.5 Å². The number of rotatable bonds is 3. The molecule has 1 aliphatic heterocycles. The monoisotopic (exact) mass is 412 g/mol. The molecule has 152 valence electrons. The molecule has 0 fully saturated rings. The summed E-state index contributed by atoms with van der Waals surface area (Å²) in [5.74, 6) is -1.16. The molecule has 3 amide bonds. The third kappa shape index (κ3) is 2.96. The topological polar surface area (TPSA) is 105 Å². The SMILES string of the molecule is Cc1noc2nc(-c3ccccc3)cc(C(=O)Nc3ccc4c(c3)C(=O)N(C)C4=O)c12. The molecule has 0 saturated carbocycles. The van der Waals surface area contributed by atoms with Gasteiger partial charge < -0.3 is 9.84 Å². The molecule has 8 heteroatoms. The summed E-state index contributed by atoms with van der Waals surface area (Å²) in [6.07, 6.45) is 0. The number of aryl methyl sites for hydroxylation is 1. The van der Waals surface area contributed by atoms with E-state index in [1.807, 2.05) is 30.3 Å². The van der Waals surface area contributed by atoms with E-state index in [4.69, 9.17) is 4.52 Å². The van der Waals surface area contributed by atoms with Crippen LogP contribution in [0, 0.1) is 6.92 Å². The zero-order chi connectivity index (χ0) is 21.7. The van der Waals surface area contributed by atoms with E-state index in [0.29, 0.717) is 33.6 Å². The van der Waals surface area contributed by atoms with Gasteiger partial charge in [-0.3, -0.25) is 19.3 Å². The molecule has 2 aromatic heterocycles. The van der Waals surface area contributed by atoms with Gasteiger partial charge in [0.2, 0.25) is 0 Å². The predicted molar refractivity (Wildman–Crippen MR) is 113 cm³/mol. The van der Waals surface area contributed by atoms with Crippen LogP contribution in [-0.4, -0.2) is 39.8 Å². The van der Waals surface area contributed by atoms with Crippen LogP contribution in [0.4, 0.5) is 5.69 Å². The lowest BCUT2D eigenvalue weighted by molar-refractivity contribution is 0.0692. The number of hydrogen-bond acceptors (Lipinski definition) is 6. The maximum Gasteiger partial charge on any atom is 0.261 e. The van der Waals surface area contributed by atoms with Crippen LogP contribution < -0.4 is 5.32 Å². The van der Waals surface area contributed by atoms with Crippen LogP contribution in [0.2, 0.25) is 0 Å². The fourth-order valence-electron chi connectivity index (χ4n) is 3.67. The minimum atomic E-state index is -0.402. The highest BCUT2D eigenvalue weighted by molar-refractivity contribution is 6.22. The molecule has 0 saturated heterocycles. The number of anilines is 1. The van der Waals surface area contributed by atoms with Crippen LogP contribution in [0.15, 0.2) is 59.1 Å². The van der Waals surface area contributed by atoms with Crippen molar-refractivity contribution in [2.24, 2.45) is 0 Å². The van der Waals surface area contributed by atoms with Gasteiger partial charge in [-0.2, -0.15) is 0 Å². The number of nitrogens with zero attached hydrogens (tertiary/aromatic N) is 3. The van der Waals surface area contributed by atoms with E-state index in [2.05, 4.69) is 15.5 Å². The van der Waals surface area contributed by atoms with Crippen LogP contribution in [0.1, 0.15) is 36.8 Å². The molecule has 3 heterocycles. The van der Waals surface area contributed by atoms with E-state index in [9.17, 15) is 14.4 Å². The van der Waals surface area contributed by atoms with Crippen LogP contribution in [0.5, 0.6) is 0 Å². The van der Waals surface area contributed by atoms with E-state index < -0.39 is 11.8 Å². The largest absolute Gasteiger partial charge is 0.335 e. The highest BCUT2D eigenvalue weighted by Gasteiger charge is 2.33. The minimum absolute atomic E-state index is 0.260. The number of hydrogen-bond donors (Lipinski definition) is 1. The van der Waals surface area contributed by atoms with E-state index in [-0.39, 0.29) is 17.2 Å². The Balaban J connectivity index is 1.56. The highest BCUT2D eigenvalue weighted by atomic mass is 16.5. The average molecular weight is 412 g/mol. The molecule has 1 aliphatic rings. The van der Waals surface area contributed by atoms with Crippen molar-refractivity contribution in [1.29, 1.82) is 0 Å². The first-order valence-electron chi connectivity index (χ1n) is 9.54. The van der Waals surface area contributed by atoms with E-state index >= 15 is 0 Å². The fourth-order valence-corrected chi connectivity index (χ4v) is 3.67. The molecule has 0 bridgehead atoms. The van der Waals surface area contributed by atoms with Crippen molar-refractivity contribution in [2.45, 2.75) is 6.92 Å². The second-order valence-corrected chi connectivity index (χ2v) is 7.25. The van der Waals surface area contributed by atoms with Crippen LogP contribution in [0.3, 0.4) is 0 Å². The molecule has 0 atom stereocenters. The lowest BCUT2D eigenvalue weighted by Gasteiger charge is -2.09.